The number of aromatic hydroxyl groups is 1. The molecule has 0 aromatic heterocycles. The van der Waals surface area contributed by atoms with Gasteiger partial charge < -0.3 is 19.9 Å². The van der Waals surface area contributed by atoms with E-state index in [0.717, 1.165) is 31.9 Å². The van der Waals surface area contributed by atoms with E-state index in [2.05, 4.69) is 12.2 Å². The van der Waals surface area contributed by atoms with Crippen LogP contribution in [0.25, 0.3) is 0 Å². The van der Waals surface area contributed by atoms with Gasteiger partial charge in [-0.2, -0.15) is 0 Å². The minimum absolute atomic E-state index is 0.194. The Balaban J connectivity index is 1.86. The van der Waals surface area contributed by atoms with Crippen LogP contribution in [0.4, 0.5) is 0 Å². The van der Waals surface area contributed by atoms with E-state index in [-0.39, 0.29) is 11.2 Å². The van der Waals surface area contributed by atoms with Crippen LogP contribution in [0.2, 0.25) is 0 Å². The molecule has 0 amide bonds. The number of ether oxygens (including phenoxy) is 2. The molecule has 4 heteroatoms. The summed E-state index contributed by atoms with van der Waals surface area (Å²) in [5.41, 5.74) is 1.39. The van der Waals surface area contributed by atoms with Gasteiger partial charge in [-0.3, -0.25) is 0 Å². The highest BCUT2D eigenvalue weighted by atomic mass is 16.5. The molecule has 0 saturated carbocycles. The first-order valence-corrected chi connectivity index (χ1v) is 6.36. The summed E-state index contributed by atoms with van der Waals surface area (Å²) in [4.78, 5) is 0. The van der Waals surface area contributed by atoms with Gasteiger partial charge in [0, 0.05) is 18.5 Å². The molecule has 1 fully saturated rings. The number of rotatable bonds is 6. The number of nitrogens with one attached hydrogen (secondary N) is 1. The standard InChI is InChI=1S/C14H21NO3/c1-3-18-13-6-11(4-5-12(13)16)7-15-8-14(2)9-17-10-14/h4-6,15-16H,3,7-10H2,1-2H3. The SMILES string of the molecule is CCOc1cc(CNCC2(C)COC2)ccc1O. The van der Waals surface area contributed by atoms with E-state index >= 15 is 0 Å². The van der Waals surface area contributed by atoms with Crippen LogP contribution in [0.3, 0.4) is 0 Å². The molecule has 0 atom stereocenters. The highest BCUT2D eigenvalue weighted by Gasteiger charge is 2.32. The zero-order chi connectivity index (χ0) is 13.0. The minimum atomic E-state index is 0.194. The van der Waals surface area contributed by atoms with Gasteiger partial charge in [-0.25, -0.2) is 0 Å². The second-order valence-electron chi connectivity index (χ2n) is 5.14. The first-order chi connectivity index (χ1) is 8.63. The van der Waals surface area contributed by atoms with E-state index in [0.29, 0.717) is 12.4 Å². The summed E-state index contributed by atoms with van der Waals surface area (Å²) in [6.07, 6.45) is 0. The summed E-state index contributed by atoms with van der Waals surface area (Å²) in [5, 5.41) is 13.0. The van der Waals surface area contributed by atoms with Gasteiger partial charge in [0.2, 0.25) is 0 Å². The first kappa shape index (κ1) is 13.2. The number of phenolic OH excluding ortho intramolecular Hbond substituents is 1. The van der Waals surface area contributed by atoms with Gasteiger partial charge in [0.1, 0.15) is 0 Å². The van der Waals surface area contributed by atoms with E-state index in [9.17, 15) is 5.11 Å². The first-order valence-electron chi connectivity index (χ1n) is 6.36. The summed E-state index contributed by atoms with van der Waals surface area (Å²) < 4.78 is 10.6. The predicted molar refractivity (Wildman–Crippen MR) is 69.9 cm³/mol. The Morgan fingerprint density at radius 2 is 2.22 bits per heavy atom. The molecule has 0 radical (unpaired) electrons. The van der Waals surface area contributed by atoms with Crippen molar-refractivity contribution in [3.63, 3.8) is 0 Å². The zero-order valence-electron chi connectivity index (χ0n) is 11.0. The number of phenols is 1. The van der Waals surface area contributed by atoms with Gasteiger partial charge in [-0.05, 0) is 24.6 Å². The Morgan fingerprint density at radius 3 is 2.83 bits per heavy atom. The molecule has 0 spiro atoms. The van der Waals surface area contributed by atoms with Crippen molar-refractivity contribution in [2.45, 2.75) is 20.4 Å². The molecule has 100 valence electrons. The lowest BCUT2D eigenvalue weighted by Gasteiger charge is -2.38. The van der Waals surface area contributed by atoms with Crippen LogP contribution in [-0.4, -0.2) is 31.5 Å². The van der Waals surface area contributed by atoms with E-state index in [1.807, 2.05) is 19.1 Å². The predicted octanol–water partition coefficient (Wildman–Crippen LogP) is 1.92. The quantitative estimate of drug-likeness (QED) is 0.811. The molecular formula is C14H21NO3. The summed E-state index contributed by atoms with van der Waals surface area (Å²) in [7, 11) is 0. The molecule has 1 saturated heterocycles. The fourth-order valence-corrected chi connectivity index (χ4v) is 2.00. The van der Waals surface area contributed by atoms with Crippen molar-refractivity contribution in [2.24, 2.45) is 5.41 Å². The number of hydrogen-bond donors (Lipinski definition) is 2. The second-order valence-corrected chi connectivity index (χ2v) is 5.14. The lowest BCUT2D eigenvalue weighted by Crippen LogP contribution is -2.47. The molecule has 2 rings (SSSR count). The molecule has 18 heavy (non-hydrogen) atoms. The lowest BCUT2D eigenvalue weighted by molar-refractivity contribution is -0.0991. The summed E-state index contributed by atoms with van der Waals surface area (Å²) in [5.74, 6) is 0.745. The fraction of sp³-hybridized carbons (Fsp3) is 0.571. The maximum Gasteiger partial charge on any atom is 0.161 e. The van der Waals surface area contributed by atoms with Crippen LogP contribution in [0.15, 0.2) is 18.2 Å². The van der Waals surface area contributed by atoms with Gasteiger partial charge in [0.15, 0.2) is 11.5 Å². The van der Waals surface area contributed by atoms with Crippen molar-refractivity contribution in [2.75, 3.05) is 26.4 Å². The fourth-order valence-electron chi connectivity index (χ4n) is 2.00. The third kappa shape index (κ3) is 3.15. The highest BCUT2D eigenvalue weighted by Crippen LogP contribution is 2.27. The average Bonchev–Trinajstić information content (AvgIpc) is 2.31. The largest absolute Gasteiger partial charge is 0.504 e. The molecule has 0 unspecified atom stereocenters. The van der Waals surface area contributed by atoms with E-state index in [4.69, 9.17) is 9.47 Å². The molecule has 1 heterocycles. The third-order valence-electron chi connectivity index (χ3n) is 3.11. The molecule has 1 aromatic rings. The zero-order valence-corrected chi connectivity index (χ0v) is 11.0. The van der Waals surface area contributed by atoms with E-state index < -0.39 is 0 Å². The van der Waals surface area contributed by atoms with Crippen molar-refractivity contribution >= 4 is 0 Å². The molecule has 1 aromatic carbocycles. The van der Waals surface area contributed by atoms with Crippen LogP contribution in [0.5, 0.6) is 11.5 Å². The molecule has 1 aliphatic heterocycles. The molecular weight excluding hydrogens is 230 g/mol. The maximum absolute atomic E-state index is 9.61. The Labute approximate surface area is 108 Å². The van der Waals surface area contributed by atoms with Gasteiger partial charge in [0.25, 0.3) is 0 Å². The van der Waals surface area contributed by atoms with E-state index in [1.54, 1.807) is 6.07 Å². The number of hydrogen-bond acceptors (Lipinski definition) is 4. The van der Waals surface area contributed by atoms with Crippen LogP contribution < -0.4 is 10.1 Å². The molecule has 2 N–H and O–H groups in total. The summed E-state index contributed by atoms with van der Waals surface area (Å²) in [6.45, 7) is 8.06. The molecule has 0 bridgehead atoms. The smallest absolute Gasteiger partial charge is 0.161 e. The molecule has 4 nitrogen and oxygen atoms in total. The second kappa shape index (κ2) is 5.59. The monoisotopic (exact) mass is 251 g/mol. The Hall–Kier alpha value is -1.26. The van der Waals surface area contributed by atoms with Crippen molar-refractivity contribution in [3.05, 3.63) is 23.8 Å². The normalized spacial score (nSPS) is 17.2. The van der Waals surface area contributed by atoms with Gasteiger partial charge in [-0.1, -0.05) is 13.0 Å². The summed E-state index contributed by atoms with van der Waals surface area (Å²) in [6, 6.07) is 5.46. The van der Waals surface area contributed by atoms with Crippen molar-refractivity contribution in [1.29, 1.82) is 0 Å². The topological polar surface area (TPSA) is 50.7 Å². The van der Waals surface area contributed by atoms with Crippen molar-refractivity contribution in [1.82, 2.24) is 5.32 Å². The van der Waals surface area contributed by atoms with E-state index in [1.165, 1.54) is 0 Å². The Morgan fingerprint density at radius 1 is 1.44 bits per heavy atom. The Bertz CT molecular complexity index is 402. The van der Waals surface area contributed by atoms with Crippen molar-refractivity contribution in [3.8, 4) is 11.5 Å². The van der Waals surface area contributed by atoms with Crippen LogP contribution in [0, 0.1) is 5.41 Å². The summed E-state index contributed by atoms with van der Waals surface area (Å²) >= 11 is 0. The van der Waals surface area contributed by atoms with Crippen LogP contribution in [0.1, 0.15) is 19.4 Å². The number of benzene rings is 1. The third-order valence-corrected chi connectivity index (χ3v) is 3.11. The molecule has 0 aliphatic carbocycles. The lowest BCUT2D eigenvalue weighted by atomic mass is 9.89. The van der Waals surface area contributed by atoms with Gasteiger partial charge in [0.05, 0.1) is 19.8 Å². The average molecular weight is 251 g/mol. The van der Waals surface area contributed by atoms with Crippen LogP contribution in [-0.2, 0) is 11.3 Å². The van der Waals surface area contributed by atoms with Gasteiger partial charge >= 0.3 is 0 Å². The minimum Gasteiger partial charge on any atom is -0.504 e. The van der Waals surface area contributed by atoms with Gasteiger partial charge in [-0.15, -0.1) is 0 Å². The highest BCUT2D eigenvalue weighted by molar-refractivity contribution is 5.41. The van der Waals surface area contributed by atoms with Crippen molar-refractivity contribution < 1.29 is 14.6 Å². The maximum atomic E-state index is 9.61. The van der Waals surface area contributed by atoms with Crippen LogP contribution >= 0.6 is 0 Å². The Kier molecular flexibility index (Phi) is 4.09. The molecule has 1 aliphatic rings.